The van der Waals surface area contributed by atoms with Crippen LogP contribution in [-0.2, 0) is 0 Å². The number of benzene rings is 2. The third-order valence-electron chi connectivity index (χ3n) is 3.23. The molecule has 0 atom stereocenters. The number of aromatic nitrogens is 2. The largest absolute Gasteiger partial charge is 0.339 e. The summed E-state index contributed by atoms with van der Waals surface area (Å²) in [5, 5.41) is 14.6. The van der Waals surface area contributed by atoms with E-state index in [2.05, 4.69) is 20.8 Å². The summed E-state index contributed by atoms with van der Waals surface area (Å²) >= 11 is 17.5. The van der Waals surface area contributed by atoms with Crippen LogP contribution in [0.1, 0.15) is 10.4 Å². The SMILES string of the molecule is O=C(Nc1ccc(Cl)c(Cl)c1)c1ccc(Nc2ccc(Cl)nn2)cc1. The highest BCUT2D eigenvalue weighted by Crippen LogP contribution is 2.25. The van der Waals surface area contributed by atoms with E-state index in [0.717, 1.165) is 5.69 Å². The first-order valence-corrected chi connectivity index (χ1v) is 8.27. The minimum absolute atomic E-state index is 0.253. The van der Waals surface area contributed by atoms with Crippen LogP contribution >= 0.6 is 34.8 Å². The first-order valence-electron chi connectivity index (χ1n) is 7.14. The predicted molar refractivity (Wildman–Crippen MR) is 101 cm³/mol. The monoisotopic (exact) mass is 392 g/mol. The maximum Gasteiger partial charge on any atom is 0.255 e. The fourth-order valence-corrected chi connectivity index (χ4v) is 2.41. The number of amides is 1. The van der Waals surface area contributed by atoms with Gasteiger partial charge >= 0.3 is 0 Å². The molecule has 2 N–H and O–H groups in total. The van der Waals surface area contributed by atoms with Crippen LogP contribution in [0.15, 0.2) is 54.6 Å². The predicted octanol–water partition coefficient (Wildman–Crippen LogP) is 5.43. The number of nitrogens with zero attached hydrogens (tertiary/aromatic N) is 2. The Kier molecular flexibility index (Phi) is 5.38. The van der Waals surface area contributed by atoms with Crippen molar-refractivity contribution in [1.29, 1.82) is 0 Å². The summed E-state index contributed by atoms with van der Waals surface area (Å²) in [5.41, 5.74) is 1.83. The highest BCUT2D eigenvalue weighted by molar-refractivity contribution is 6.42. The number of halogens is 3. The van der Waals surface area contributed by atoms with E-state index in [9.17, 15) is 4.79 Å². The lowest BCUT2D eigenvalue weighted by molar-refractivity contribution is 0.102. The van der Waals surface area contributed by atoms with Gasteiger partial charge in [-0.1, -0.05) is 34.8 Å². The van der Waals surface area contributed by atoms with Crippen LogP contribution in [0.25, 0.3) is 0 Å². The zero-order valence-electron chi connectivity index (χ0n) is 12.6. The Balaban J connectivity index is 1.67. The Bertz CT molecular complexity index is 899. The van der Waals surface area contributed by atoms with Crippen LogP contribution in [0.5, 0.6) is 0 Å². The maximum atomic E-state index is 12.3. The van der Waals surface area contributed by atoms with Crippen molar-refractivity contribution < 1.29 is 4.79 Å². The molecule has 1 amide bonds. The highest BCUT2D eigenvalue weighted by Gasteiger charge is 2.08. The minimum atomic E-state index is -0.253. The summed E-state index contributed by atoms with van der Waals surface area (Å²) in [6.45, 7) is 0. The molecule has 0 fully saturated rings. The molecule has 1 aromatic heterocycles. The molecule has 0 saturated carbocycles. The lowest BCUT2D eigenvalue weighted by atomic mass is 10.2. The van der Waals surface area contributed by atoms with E-state index >= 15 is 0 Å². The van der Waals surface area contributed by atoms with Crippen LogP contribution in [0, 0.1) is 0 Å². The van der Waals surface area contributed by atoms with Crippen LogP contribution < -0.4 is 10.6 Å². The van der Waals surface area contributed by atoms with Crippen molar-refractivity contribution in [1.82, 2.24) is 10.2 Å². The molecule has 3 rings (SSSR count). The van der Waals surface area contributed by atoms with Crippen molar-refractivity contribution >= 4 is 57.9 Å². The quantitative estimate of drug-likeness (QED) is 0.620. The standard InChI is InChI=1S/C17H11Cl3N4O/c18-13-6-5-12(9-14(13)19)22-17(25)10-1-3-11(4-2-10)21-16-8-7-15(20)23-24-16/h1-9H,(H,21,24)(H,22,25). The third-order valence-corrected chi connectivity index (χ3v) is 4.17. The maximum absolute atomic E-state index is 12.3. The lowest BCUT2D eigenvalue weighted by Gasteiger charge is -2.08. The molecular formula is C17H11Cl3N4O. The molecule has 5 nitrogen and oxygen atoms in total. The molecule has 0 aliphatic carbocycles. The van der Waals surface area contributed by atoms with Gasteiger partial charge in [-0.25, -0.2) is 0 Å². The smallest absolute Gasteiger partial charge is 0.255 e. The molecule has 8 heteroatoms. The Hall–Kier alpha value is -2.34. The van der Waals surface area contributed by atoms with Crippen molar-refractivity contribution in [2.45, 2.75) is 0 Å². The second-order valence-corrected chi connectivity index (χ2v) is 6.23. The van der Waals surface area contributed by atoms with Crippen LogP contribution in [0.2, 0.25) is 15.2 Å². The summed E-state index contributed by atoms with van der Waals surface area (Å²) in [6.07, 6.45) is 0. The average molecular weight is 394 g/mol. The molecule has 0 spiro atoms. The molecule has 25 heavy (non-hydrogen) atoms. The fourth-order valence-electron chi connectivity index (χ4n) is 2.01. The number of anilines is 3. The van der Waals surface area contributed by atoms with Crippen LogP contribution in [-0.4, -0.2) is 16.1 Å². The number of carbonyl (C=O) groups excluding carboxylic acids is 1. The van der Waals surface area contributed by atoms with Crippen molar-refractivity contribution in [3.63, 3.8) is 0 Å². The van der Waals surface area contributed by atoms with Crippen molar-refractivity contribution in [3.8, 4) is 0 Å². The summed E-state index contributed by atoms with van der Waals surface area (Å²) in [6, 6.07) is 15.2. The van der Waals surface area contributed by atoms with E-state index in [0.29, 0.717) is 32.3 Å². The Morgan fingerprint density at radius 3 is 2.16 bits per heavy atom. The molecule has 0 aliphatic heterocycles. The topological polar surface area (TPSA) is 66.9 Å². The van der Waals surface area contributed by atoms with Gasteiger partial charge in [0.25, 0.3) is 5.91 Å². The Labute approximate surface area is 158 Å². The van der Waals surface area contributed by atoms with E-state index in [1.165, 1.54) is 0 Å². The van der Waals surface area contributed by atoms with Crippen molar-refractivity contribution in [2.75, 3.05) is 10.6 Å². The molecule has 3 aromatic rings. The van der Waals surface area contributed by atoms with Crippen LogP contribution in [0.4, 0.5) is 17.2 Å². The van der Waals surface area contributed by atoms with Gasteiger partial charge in [-0.05, 0) is 54.6 Å². The lowest BCUT2D eigenvalue weighted by Crippen LogP contribution is -2.11. The molecule has 0 unspecified atom stereocenters. The van der Waals surface area contributed by atoms with Gasteiger partial charge in [-0.2, -0.15) is 0 Å². The van der Waals surface area contributed by atoms with Gasteiger partial charge in [0.1, 0.15) is 0 Å². The highest BCUT2D eigenvalue weighted by atomic mass is 35.5. The van der Waals surface area contributed by atoms with Gasteiger partial charge in [-0.3, -0.25) is 4.79 Å². The van der Waals surface area contributed by atoms with Gasteiger partial charge in [0, 0.05) is 16.9 Å². The Morgan fingerprint density at radius 1 is 0.800 bits per heavy atom. The Morgan fingerprint density at radius 2 is 1.52 bits per heavy atom. The molecular weight excluding hydrogens is 383 g/mol. The minimum Gasteiger partial charge on any atom is -0.339 e. The number of hydrogen-bond acceptors (Lipinski definition) is 4. The van der Waals surface area contributed by atoms with Gasteiger partial charge in [0.15, 0.2) is 11.0 Å². The second kappa shape index (κ2) is 7.70. The third kappa shape index (κ3) is 4.60. The molecule has 0 saturated heterocycles. The first-order chi connectivity index (χ1) is 12.0. The zero-order valence-corrected chi connectivity index (χ0v) is 14.9. The number of rotatable bonds is 4. The fraction of sp³-hybridized carbons (Fsp3) is 0. The molecule has 0 aliphatic rings. The van der Waals surface area contributed by atoms with Crippen molar-refractivity contribution in [3.05, 3.63) is 75.4 Å². The number of hydrogen-bond donors (Lipinski definition) is 2. The first kappa shape index (κ1) is 17.5. The van der Waals surface area contributed by atoms with Gasteiger partial charge in [0.2, 0.25) is 0 Å². The molecule has 0 bridgehead atoms. The normalized spacial score (nSPS) is 10.4. The average Bonchev–Trinajstić information content (AvgIpc) is 2.61. The van der Waals surface area contributed by atoms with E-state index in [1.54, 1.807) is 54.6 Å². The molecule has 2 aromatic carbocycles. The van der Waals surface area contributed by atoms with E-state index < -0.39 is 0 Å². The summed E-state index contributed by atoms with van der Waals surface area (Å²) in [5.74, 6) is 0.300. The number of carbonyl (C=O) groups is 1. The summed E-state index contributed by atoms with van der Waals surface area (Å²) < 4.78 is 0. The van der Waals surface area contributed by atoms with E-state index in [1.807, 2.05) is 0 Å². The molecule has 1 heterocycles. The molecule has 0 radical (unpaired) electrons. The van der Waals surface area contributed by atoms with Gasteiger partial charge in [0.05, 0.1) is 10.0 Å². The van der Waals surface area contributed by atoms with Crippen molar-refractivity contribution in [2.24, 2.45) is 0 Å². The van der Waals surface area contributed by atoms with Crippen LogP contribution in [0.3, 0.4) is 0 Å². The summed E-state index contributed by atoms with van der Waals surface area (Å²) in [4.78, 5) is 12.3. The summed E-state index contributed by atoms with van der Waals surface area (Å²) in [7, 11) is 0. The zero-order chi connectivity index (χ0) is 17.8. The second-order valence-electron chi connectivity index (χ2n) is 5.03. The van der Waals surface area contributed by atoms with Gasteiger partial charge < -0.3 is 10.6 Å². The van der Waals surface area contributed by atoms with E-state index in [-0.39, 0.29) is 5.91 Å². The van der Waals surface area contributed by atoms with Gasteiger partial charge in [-0.15, -0.1) is 10.2 Å². The molecule has 126 valence electrons. The van der Waals surface area contributed by atoms with E-state index in [4.69, 9.17) is 34.8 Å². The number of nitrogens with one attached hydrogen (secondary N) is 2.